The van der Waals surface area contributed by atoms with Crippen LogP contribution >= 0.6 is 0 Å². The molecule has 2 N–H and O–H groups in total. The SMILES string of the molecule is CCCCCCCCCCCCC(NC)c1ccccc1C(CCCCCCCCCCCC)NC. The Balaban J connectivity index is 2.34. The Labute approximate surface area is 227 Å². The molecule has 0 bridgehead atoms. The highest BCUT2D eigenvalue weighted by atomic mass is 14.9. The van der Waals surface area contributed by atoms with Crippen LogP contribution in [-0.4, -0.2) is 14.1 Å². The lowest BCUT2D eigenvalue weighted by Crippen LogP contribution is -2.23. The van der Waals surface area contributed by atoms with E-state index < -0.39 is 0 Å². The second kappa shape index (κ2) is 24.5. The minimum Gasteiger partial charge on any atom is -0.313 e. The molecule has 1 aromatic carbocycles. The van der Waals surface area contributed by atoms with Crippen molar-refractivity contribution >= 4 is 0 Å². The maximum absolute atomic E-state index is 3.65. The molecule has 0 amide bonds. The molecule has 0 saturated carbocycles. The van der Waals surface area contributed by atoms with Crippen LogP contribution in [0.5, 0.6) is 0 Å². The van der Waals surface area contributed by atoms with Crippen molar-refractivity contribution in [3.05, 3.63) is 35.4 Å². The van der Waals surface area contributed by atoms with Crippen molar-refractivity contribution in [3.63, 3.8) is 0 Å². The Morgan fingerprint density at radius 3 is 1.00 bits per heavy atom. The van der Waals surface area contributed by atoms with Crippen molar-refractivity contribution < 1.29 is 0 Å². The smallest absolute Gasteiger partial charge is 0.0320 e. The summed E-state index contributed by atoms with van der Waals surface area (Å²) in [5.41, 5.74) is 3.03. The largest absolute Gasteiger partial charge is 0.313 e. The van der Waals surface area contributed by atoms with Gasteiger partial charge in [-0.1, -0.05) is 167 Å². The van der Waals surface area contributed by atoms with Gasteiger partial charge >= 0.3 is 0 Å². The second-order valence-electron chi connectivity index (χ2n) is 11.3. The highest BCUT2D eigenvalue weighted by molar-refractivity contribution is 5.32. The van der Waals surface area contributed by atoms with Gasteiger partial charge in [-0.3, -0.25) is 0 Å². The molecule has 36 heavy (non-hydrogen) atoms. The molecule has 0 saturated heterocycles. The monoisotopic (exact) mass is 501 g/mol. The number of unbranched alkanes of at least 4 members (excludes halogenated alkanes) is 18. The lowest BCUT2D eigenvalue weighted by atomic mass is 9.90. The number of hydrogen-bond donors (Lipinski definition) is 2. The predicted molar refractivity (Wildman–Crippen MR) is 163 cm³/mol. The summed E-state index contributed by atoms with van der Waals surface area (Å²) in [7, 11) is 4.29. The number of rotatable bonds is 26. The molecule has 2 atom stereocenters. The first-order valence-corrected chi connectivity index (χ1v) is 16.2. The maximum Gasteiger partial charge on any atom is 0.0320 e. The van der Waals surface area contributed by atoms with Crippen LogP contribution in [0.3, 0.4) is 0 Å². The summed E-state index contributed by atoms with van der Waals surface area (Å²) in [4.78, 5) is 0. The van der Waals surface area contributed by atoms with Crippen LogP contribution in [0.2, 0.25) is 0 Å². The molecule has 0 radical (unpaired) electrons. The molecule has 0 aromatic heterocycles. The minimum atomic E-state index is 0.471. The van der Waals surface area contributed by atoms with Gasteiger partial charge in [0, 0.05) is 12.1 Å². The zero-order valence-electron chi connectivity index (χ0n) is 25.0. The molecule has 0 aliphatic heterocycles. The molecule has 2 heteroatoms. The molecule has 210 valence electrons. The summed E-state index contributed by atoms with van der Waals surface area (Å²) in [6, 6.07) is 10.1. The second-order valence-corrected chi connectivity index (χ2v) is 11.3. The summed E-state index contributed by atoms with van der Waals surface area (Å²) in [5.74, 6) is 0. The highest BCUT2D eigenvalue weighted by Gasteiger charge is 2.18. The maximum atomic E-state index is 3.65. The van der Waals surface area contributed by atoms with E-state index in [2.05, 4.69) is 62.8 Å². The number of benzene rings is 1. The predicted octanol–water partition coefficient (Wildman–Crippen LogP) is 10.8. The van der Waals surface area contributed by atoms with Gasteiger partial charge in [0.1, 0.15) is 0 Å². The summed E-state index contributed by atoms with van der Waals surface area (Å²) >= 11 is 0. The van der Waals surface area contributed by atoms with Gasteiger partial charge < -0.3 is 10.6 Å². The Morgan fingerprint density at radius 1 is 0.444 bits per heavy atom. The molecule has 2 nitrogen and oxygen atoms in total. The van der Waals surface area contributed by atoms with Crippen molar-refractivity contribution in [3.8, 4) is 0 Å². The minimum absolute atomic E-state index is 0.471. The van der Waals surface area contributed by atoms with E-state index in [1.54, 1.807) is 0 Å². The Kier molecular flexibility index (Phi) is 22.6. The Hall–Kier alpha value is -0.860. The fraction of sp³-hybridized carbons (Fsp3) is 0.824. The van der Waals surface area contributed by atoms with Crippen molar-refractivity contribution in [1.29, 1.82) is 0 Å². The van der Waals surface area contributed by atoms with Crippen LogP contribution in [0.15, 0.2) is 24.3 Å². The van der Waals surface area contributed by atoms with Gasteiger partial charge in [0.05, 0.1) is 0 Å². The van der Waals surface area contributed by atoms with Crippen LogP contribution < -0.4 is 10.6 Å². The summed E-state index contributed by atoms with van der Waals surface area (Å²) in [6.07, 6.45) is 30.6. The summed E-state index contributed by atoms with van der Waals surface area (Å²) in [5, 5.41) is 7.30. The molecule has 0 aliphatic carbocycles. The zero-order valence-corrected chi connectivity index (χ0v) is 25.0. The van der Waals surface area contributed by atoms with E-state index in [1.807, 2.05) is 0 Å². The first kappa shape index (κ1) is 33.2. The van der Waals surface area contributed by atoms with Gasteiger partial charge in [0.15, 0.2) is 0 Å². The van der Waals surface area contributed by atoms with Crippen LogP contribution in [-0.2, 0) is 0 Å². The van der Waals surface area contributed by atoms with Crippen molar-refractivity contribution in [2.45, 2.75) is 167 Å². The Bertz CT molecular complexity index is 533. The molecule has 1 aromatic rings. The zero-order chi connectivity index (χ0) is 26.1. The average molecular weight is 501 g/mol. The average Bonchev–Trinajstić information content (AvgIpc) is 2.91. The molecule has 0 fully saturated rings. The van der Waals surface area contributed by atoms with Gasteiger partial charge in [-0.15, -0.1) is 0 Å². The van der Waals surface area contributed by atoms with Crippen molar-refractivity contribution in [2.24, 2.45) is 0 Å². The van der Waals surface area contributed by atoms with Gasteiger partial charge in [0.25, 0.3) is 0 Å². The lowest BCUT2D eigenvalue weighted by Gasteiger charge is -2.25. The van der Waals surface area contributed by atoms with E-state index in [4.69, 9.17) is 0 Å². The molecule has 0 aliphatic rings. The first-order valence-electron chi connectivity index (χ1n) is 16.2. The van der Waals surface area contributed by atoms with Crippen LogP contribution in [0.4, 0.5) is 0 Å². The van der Waals surface area contributed by atoms with E-state index in [0.29, 0.717) is 12.1 Å². The first-order chi connectivity index (χ1) is 17.8. The molecule has 2 unspecified atom stereocenters. The standard InChI is InChI=1S/C34H64N2/c1-5-7-9-11-13-15-17-19-21-23-29-33(35-3)31-27-25-26-28-32(31)34(36-4)30-24-22-20-18-16-14-12-10-8-6-2/h25-28,33-36H,5-24,29-30H2,1-4H3. The van der Waals surface area contributed by atoms with Gasteiger partial charge in [-0.05, 0) is 38.1 Å². The summed E-state index contributed by atoms with van der Waals surface area (Å²) in [6.45, 7) is 4.60. The van der Waals surface area contributed by atoms with Crippen LogP contribution in [0.25, 0.3) is 0 Å². The molecule has 1 rings (SSSR count). The van der Waals surface area contributed by atoms with E-state index in [1.165, 1.54) is 152 Å². The molecular weight excluding hydrogens is 436 g/mol. The van der Waals surface area contributed by atoms with Gasteiger partial charge in [0.2, 0.25) is 0 Å². The number of nitrogens with one attached hydrogen (secondary N) is 2. The van der Waals surface area contributed by atoms with E-state index in [-0.39, 0.29) is 0 Å². The summed E-state index contributed by atoms with van der Waals surface area (Å²) < 4.78 is 0. The van der Waals surface area contributed by atoms with Crippen LogP contribution in [0.1, 0.15) is 178 Å². The highest BCUT2D eigenvalue weighted by Crippen LogP contribution is 2.30. The molecule has 0 heterocycles. The third kappa shape index (κ3) is 16.1. The molecular formula is C34H64N2. The quantitative estimate of drug-likeness (QED) is 0.124. The van der Waals surface area contributed by atoms with Gasteiger partial charge in [-0.2, -0.15) is 0 Å². The molecule has 0 spiro atoms. The van der Waals surface area contributed by atoms with E-state index in [0.717, 1.165) is 0 Å². The van der Waals surface area contributed by atoms with Crippen molar-refractivity contribution in [1.82, 2.24) is 10.6 Å². The normalized spacial score (nSPS) is 13.2. The van der Waals surface area contributed by atoms with Crippen molar-refractivity contribution in [2.75, 3.05) is 14.1 Å². The lowest BCUT2D eigenvalue weighted by molar-refractivity contribution is 0.466. The fourth-order valence-corrected chi connectivity index (χ4v) is 5.73. The van der Waals surface area contributed by atoms with Gasteiger partial charge in [-0.25, -0.2) is 0 Å². The third-order valence-corrected chi connectivity index (χ3v) is 8.14. The fourth-order valence-electron chi connectivity index (χ4n) is 5.73. The number of hydrogen-bond acceptors (Lipinski definition) is 2. The Morgan fingerprint density at radius 2 is 0.722 bits per heavy atom. The topological polar surface area (TPSA) is 24.1 Å². The van der Waals surface area contributed by atoms with E-state index >= 15 is 0 Å². The van der Waals surface area contributed by atoms with Crippen LogP contribution in [0, 0.1) is 0 Å². The third-order valence-electron chi connectivity index (χ3n) is 8.14. The van der Waals surface area contributed by atoms with E-state index in [9.17, 15) is 0 Å².